The first-order valence-electron chi connectivity index (χ1n) is 4.20. The quantitative estimate of drug-likeness (QED) is 0.743. The van der Waals surface area contributed by atoms with Crippen LogP contribution in [0.3, 0.4) is 0 Å². The number of benzene rings is 1. The average molecular weight is 200 g/mol. The summed E-state index contributed by atoms with van der Waals surface area (Å²) in [5.74, 6) is -2.02. The molecular weight excluding hydrogens is 192 g/mol. The van der Waals surface area contributed by atoms with Crippen LogP contribution in [0.1, 0.15) is 17.9 Å². The molecule has 1 saturated carbocycles. The Morgan fingerprint density at radius 1 is 1.36 bits per heavy atom. The molecule has 0 aliphatic heterocycles. The number of nitrogens with zero attached hydrogens (tertiary/aromatic N) is 1. The zero-order chi connectivity index (χ0) is 10.3. The van der Waals surface area contributed by atoms with Gasteiger partial charge in [0.25, 0.3) is 0 Å². The minimum atomic E-state index is -0.927. The highest BCUT2D eigenvalue weighted by molar-refractivity contribution is 5.28. The summed E-state index contributed by atoms with van der Waals surface area (Å²) < 4.78 is 25.3. The van der Waals surface area contributed by atoms with Gasteiger partial charge in [-0.2, -0.15) is 0 Å². The summed E-state index contributed by atoms with van der Waals surface area (Å²) in [6.07, 6.45) is 0.477. The first-order valence-corrected chi connectivity index (χ1v) is 4.20. The van der Waals surface area contributed by atoms with Crippen LogP contribution in [0.5, 0.6) is 0 Å². The van der Waals surface area contributed by atoms with E-state index < -0.39 is 17.7 Å². The summed E-state index contributed by atoms with van der Waals surface area (Å²) in [6.45, 7) is 0. The van der Waals surface area contributed by atoms with Crippen molar-refractivity contribution >= 4 is 0 Å². The lowest BCUT2D eigenvalue weighted by atomic mass is 10.1. The topological polar surface area (TPSA) is 46.5 Å². The smallest absolute Gasteiger partial charge is 0.159 e. The molecule has 0 bridgehead atoms. The number of rotatable bonds is 2. The summed E-state index contributed by atoms with van der Waals surface area (Å²) in [6, 6.07) is 2.99. The molecule has 0 radical (unpaired) electrons. The summed E-state index contributed by atoms with van der Waals surface area (Å²) in [7, 11) is 0. The van der Waals surface area contributed by atoms with Crippen LogP contribution in [-0.2, 0) is 0 Å². The second kappa shape index (κ2) is 3.27. The molecule has 76 valence electrons. The van der Waals surface area contributed by atoms with Crippen molar-refractivity contribution < 1.29 is 14.0 Å². The Bertz CT molecular complexity index is 357. The van der Waals surface area contributed by atoms with Gasteiger partial charge in [-0.25, -0.2) is 8.78 Å². The van der Waals surface area contributed by atoms with E-state index in [-0.39, 0.29) is 11.1 Å². The third kappa shape index (κ3) is 1.61. The maximum atomic E-state index is 12.8. The van der Waals surface area contributed by atoms with Crippen LogP contribution < -0.4 is 0 Å². The Morgan fingerprint density at radius 3 is 2.57 bits per heavy atom. The molecule has 2 rings (SSSR count). The zero-order valence-electron chi connectivity index (χ0n) is 7.15. The van der Waals surface area contributed by atoms with E-state index in [2.05, 4.69) is 0 Å². The third-order valence-electron chi connectivity index (χ3n) is 2.41. The van der Waals surface area contributed by atoms with Crippen LogP contribution in [-0.4, -0.2) is 16.5 Å². The third-order valence-corrected chi connectivity index (χ3v) is 2.41. The number of halogens is 2. The van der Waals surface area contributed by atoms with Crippen LogP contribution in [0.4, 0.5) is 8.78 Å². The molecule has 14 heavy (non-hydrogen) atoms. The molecule has 0 spiro atoms. The highest BCUT2D eigenvalue weighted by atomic mass is 19.2. The van der Waals surface area contributed by atoms with Gasteiger partial charge in [0.1, 0.15) is 0 Å². The van der Waals surface area contributed by atoms with Crippen molar-refractivity contribution in [3.63, 3.8) is 0 Å². The van der Waals surface area contributed by atoms with Crippen molar-refractivity contribution in [3.8, 4) is 0 Å². The van der Waals surface area contributed by atoms with E-state index in [1.54, 1.807) is 0 Å². The van der Waals surface area contributed by atoms with Crippen LogP contribution >= 0.6 is 0 Å². The summed E-state index contributed by atoms with van der Waals surface area (Å²) in [4.78, 5) is 0. The molecule has 1 aromatic carbocycles. The highest BCUT2D eigenvalue weighted by Crippen LogP contribution is 2.43. The predicted molar refractivity (Wildman–Crippen MR) is 44.5 cm³/mol. The van der Waals surface area contributed by atoms with E-state index in [9.17, 15) is 14.0 Å². The molecular formula is C9H8F2NO2-. The number of hydrogen-bond donors (Lipinski definition) is 1. The Kier molecular flexibility index (Phi) is 2.22. The second-order valence-corrected chi connectivity index (χ2v) is 3.39. The van der Waals surface area contributed by atoms with Crippen LogP contribution in [0.15, 0.2) is 18.2 Å². The van der Waals surface area contributed by atoms with Crippen molar-refractivity contribution in [3.05, 3.63) is 40.6 Å². The van der Waals surface area contributed by atoms with Crippen molar-refractivity contribution in [2.45, 2.75) is 18.4 Å². The van der Waals surface area contributed by atoms with E-state index in [0.29, 0.717) is 12.0 Å². The molecule has 3 nitrogen and oxygen atoms in total. The van der Waals surface area contributed by atoms with E-state index >= 15 is 0 Å². The van der Waals surface area contributed by atoms with E-state index in [1.807, 2.05) is 0 Å². The fourth-order valence-electron chi connectivity index (χ4n) is 1.53. The van der Waals surface area contributed by atoms with E-state index in [0.717, 1.165) is 12.1 Å². The van der Waals surface area contributed by atoms with Crippen LogP contribution in [0, 0.1) is 16.8 Å². The van der Waals surface area contributed by atoms with Crippen molar-refractivity contribution in [2.75, 3.05) is 0 Å². The summed E-state index contributed by atoms with van der Waals surface area (Å²) in [5, 5.41) is 18.9. The molecule has 1 fully saturated rings. The van der Waals surface area contributed by atoms with Gasteiger partial charge in [-0.3, -0.25) is 5.23 Å². The fraction of sp³-hybridized carbons (Fsp3) is 0.333. The number of hydrogen-bond acceptors (Lipinski definition) is 3. The molecule has 0 heterocycles. The SMILES string of the molecule is [O-]N(O)[C@H]1C[C@@H]1c1ccc(F)c(F)c1. The molecule has 0 saturated heterocycles. The van der Waals surface area contributed by atoms with Gasteiger partial charge >= 0.3 is 0 Å². The Balaban J connectivity index is 2.16. The van der Waals surface area contributed by atoms with Gasteiger partial charge in [-0.1, -0.05) is 6.07 Å². The summed E-state index contributed by atoms with van der Waals surface area (Å²) in [5.41, 5.74) is 0.545. The molecule has 1 aliphatic rings. The maximum Gasteiger partial charge on any atom is 0.159 e. The maximum absolute atomic E-state index is 12.8. The largest absolute Gasteiger partial charge is 0.762 e. The minimum Gasteiger partial charge on any atom is -0.762 e. The standard InChI is InChI=1S/C9H8F2NO2/c10-7-2-1-5(3-8(7)11)6-4-9(6)12(13)14/h1-3,6,9,13H,4H2/q-1/t6-,9+/m1/s1. The molecule has 1 aromatic rings. The summed E-state index contributed by atoms with van der Waals surface area (Å²) >= 11 is 0. The molecule has 2 atom stereocenters. The first-order chi connectivity index (χ1) is 6.59. The van der Waals surface area contributed by atoms with Gasteiger partial charge in [-0.05, 0) is 24.1 Å². The van der Waals surface area contributed by atoms with Crippen molar-refractivity contribution in [2.24, 2.45) is 0 Å². The van der Waals surface area contributed by atoms with Crippen LogP contribution in [0.25, 0.3) is 0 Å². The van der Waals surface area contributed by atoms with Crippen molar-refractivity contribution in [1.29, 1.82) is 0 Å². The van der Waals surface area contributed by atoms with Gasteiger partial charge < -0.3 is 10.4 Å². The minimum absolute atomic E-state index is 0.133. The van der Waals surface area contributed by atoms with Gasteiger partial charge in [-0.15, -0.1) is 0 Å². The number of hydroxylamine groups is 2. The fourth-order valence-corrected chi connectivity index (χ4v) is 1.53. The molecule has 0 unspecified atom stereocenters. The Morgan fingerprint density at radius 2 is 2.07 bits per heavy atom. The average Bonchev–Trinajstić information content (AvgIpc) is 2.89. The zero-order valence-corrected chi connectivity index (χ0v) is 7.15. The van der Waals surface area contributed by atoms with Gasteiger partial charge in [0, 0.05) is 12.0 Å². The molecule has 0 aromatic heterocycles. The Labute approximate surface area is 79.1 Å². The van der Waals surface area contributed by atoms with Crippen LogP contribution in [0.2, 0.25) is 0 Å². The molecule has 1 aliphatic carbocycles. The normalized spacial score (nSPS) is 25.5. The van der Waals surface area contributed by atoms with Gasteiger partial charge in [0.2, 0.25) is 0 Å². The van der Waals surface area contributed by atoms with Gasteiger partial charge in [0.05, 0.1) is 0 Å². The van der Waals surface area contributed by atoms with E-state index in [4.69, 9.17) is 5.21 Å². The van der Waals surface area contributed by atoms with Crippen molar-refractivity contribution in [1.82, 2.24) is 5.23 Å². The van der Waals surface area contributed by atoms with E-state index in [1.165, 1.54) is 6.07 Å². The molecule has 5 heteroatoms. The Hall–Kier alpha value is -1.04. The highest BCUT2D eigenvalue weighted by Gasteiger charge is 2.39. The lowest BCUT2D eigenvalue weighted by Crippen LogP contribution is -2.14. The second-order valence-electron chi connectivity index (χ2n) is 3.39. The molecule has 0 amide bonds. The van der Waals surface area contributed by atoms with Gasteiger partial charge in [0.15, 0.2) is 11.6 Å². The lowest BCUT2D eigenvalue weighted by Gasteiger charge is -2.19. The monoisotopic (exact) mass is 200 g/mol. The molecule has 1 N–H and O–H groups in total. The first kappa shape index (κ1) is 9.51. The predicted octanol–water partition coefficient (Wildman–Crippen LogP) is 2.01. The lowest BCUT2D eigenvalue weighted by molar-refractivity contribution is -0.0506.